The lowest BCUT2D eigenvalue weighted by Crippen LogP contribution is -2.37. The molecule has 0 atom stereocenters. The normalized spacial score (nSPS) is 11.0. The van der Waals surface area contributed by atoms with E-state index in [-0.39, 0.29) is 24.3 Å². The number of nitrogens with zero attached hydrogens (tertiary/aromatic N) is 1. The number of ether oxygens (including phenoxy) is 1. The summed E-state index contributed by atoms with van der Waals surface area (Å²) in [5, 5.41) is 0.654. The number of rotatable bonds is 7. The van der Waals surface area contributed by atoms with Crippen molar-refractivity contribution in [2.45, 2.75) is 33.2 Å². The Bertz CT molecular complexity index is 523. The summed E-state index contributed by atoms with van der Waals surface area (Å²) in [6.45, 7) is 6.29. The third-order valence-electron chi connectivity index (χ3n) is 3.06. The first-order valence-electron chi connectivity index (χ1n) is 7.34. The average Bonchev–Trinajstić information content (AvgIpc) is 2.46. The molecule has 120 valence electrons. The third-order valence-corrected chi connectivity index (χ3v) is 3.31. The molecule has 1 amide bonds. The predicted molar refractivity (Wildman–Crippen MR) is 88.6 cm³/mol. The highest BCUT2D eigenvalue weighted by molar-refractivity contribution is 6.30. The smallest absolute Gasteiger partial charge is 0.307 e. The molecule has 0 aliphatic carbocycles. The molecule has 0 fully saturated rings. The Morgan fingerprint density at radius 2 is 1.91 bits per heavy atom. The number of hydrogen-bond donors (Lipinski definition) is 0. The molecular weight excluding hydrogens is 302 g/mol. The molecule has 0 aliphatic rings. The van der Waals surface area contributed by atoms with Crippen molar-refractivity contribution in [3.63, 3.8) is 0 Å². The first kappa shape index (κ1) is 18.2. The zero-order chi connectivity index (χ0) is 16.5. The maximum absolute atomic E-state index is 12.3. The lowest BCUT2D eigenvalue weighted by Gasteiger charge is -2.25. The summed E-state index contributed by atoms with van der Waals surface area (Å²) < 4.78 is 4.88. The Labute approximate surface area is 136 Å². The van der Waals surface area contributed by atoms with Gasteiger partial charge in [-0.15, -0.1) is 0 Å². The molecule has 1 rings (SSSR count). The maximum Gasteiger partial charge on any atom is 0.307 e. The van der Waals surface area contributed by atoms with Crippen LogP contribution in [0.3, 0.4) is 0 Å². The van der Waals surface area contributed by atoms with Gasteiger partial charge in [0.25, 0.3) is 0 Å². The number of carbonyl (C=O) groups excluding carboxylic acids is 2. The molecule has 5 heteroatoms. The maximum atomic E-state index is 12.3. The molecule has 4 nitrogen and oxygen atoms in total. The second-order valence-electron chi connectivity index (χ2n) is 5.07. The highest BCUT2D eigenvalue weighted by Gasteiger charge is 2.16. The van der Waals surface area contributed by atoms with Gasteiger partial charge in [-0.3, -0.25) is 9.59 Å². The van der Waals surface area contributed by atoms with E-state index in [0.29, 0.717) is 18.2 Å². The summed E-state index contributed by atoms with van der Waals surface area (Å²) >= 11 is 5.82. The number of esters is 1. The van der Waals surface area contributed by atoms with Gasteiger partial charge in [0.1, 0.15) is 0 Å². The van der Waals surface area contributed by atoms with E-state index >= 15 is 0 Å². The largest absolute Gasteiger partial charge is 0.466 e. The Morgan fingerprint density at radius 3 is 2.45 bits per heavy atom. The topological polar surface area (TPSA) is 46.6 Å². The van der Waals surface area contributed by atoms with Crippen LogP contribution in [0.2, 0.25) is 5.02 Å². The van der Waals surface area contributed by atoms with Crippen molar-refractivity contribution in [3.8, 4) is 0 Å². The number of carbonyl (C=O) groups is 2. The van der Waals surface area contributed by atoms with Crippen LogP contribution in [0.15, 0.2) is 30.3 Å². The minimum absolute atomic E-state index is 0.0109. The van der Waals surface area contributed by atoms with Gasteiger partial charge in [-0.2, -0.15) is 0 Å². The lowest BCUT2D eigenvalue weighted by atomic mass is 10.2. The standard InChI is InChI=1S/C17H22ClNO3/c1-4-22-17(21)11-12-19(13(2)3)16(20)10-7-14-5-8-15(18)9-6-14/h5-10,13H,4,11-12H2,1-3H3/b10-7+. The molecule has 0 saturated heterocycles. The zero-order valence-electron chi connectivity index (χ0n) is 13.2. The van der Waals surface area contributed by atoms with Gasteiger partial charge >= 0.3 is 5.97 Å². The van der Waals surface area contributed by atoms with Crippen molar-refractivity contribution < 1.29 is 14.3 Å². The van der Waals surface area contributed by atoms with Crippen LogP contribution in [0.25, 0.3) is 6.08 Å². The van der Waals surface area contributed by atoms with Gasteiger partial charge in [-0.1, -0.05) is 23.7 Å². The molecule has 0 aliphatic heterocycles. The molecule has 0 saturated carbocycles. The zero-order valence-corrected chi connectivity index (χ0v) is 14.0. The van der Waals surface area contributed by atoms with Crippen LogP contribution in [0.4, 0.5) is 0 Å². The van der Waals surface area contributed by atoms with E-state index in [4.69, 9.17) is 16.3 Å². The van der Waals surface area contributed by atoms with Crippen LogP contribution in [0.1, 0.15) is 32.8 Å². The number of halogens is 1. The summed E-state index contributed by atoms with van der Waals surface area (Å²) in [5.74, 6) is -0.420. The second kappa shape index (κ2) is 9.26. The van der Waals surface area contributed by atoms with E-state index in [2.05, 4.69) is 0 Å². The fraction of sp³-hybridized carbons (Fsp3) is 0.412. The minimum Gasteiger partial charge on any atom is -0.466 e. The molecule has 0 radical (unpaired) electrons. The van der Waals surface area contributed by atoms with Crippen molar-refractivity contribution in [2.24, 2.45) is 0 Å². The highest BCUT2D eigenvalue weighted by atomic mass is 35.5. The van der Waals surface area contributed by atoms with Gasteiger partial charge in [0, 0.05) is 23.7 Å². The van der Waals surface area contributed by atoms with Gasteiger partial charge in [-0.05, 0) is 44.5 Å². The number of amides is 1. The van der Waals surface area contributed by atoms with Crippen molar-refractivity contribution in [1.82, 2.24) is 4.90 Å². The Kier molecular flexibility index (Phi) is 7.67. The van der Waals surface area contributed by atoms with E-state index in [9.17, 15) is 9.59 Å². The molecule has 1 aromatic rings. The van der Waals surface area contributed by atoms with Crippen LogP contribution < -0.4 is 0 Å². The first-order valence-corrected chi connectivity index (χ1v) is 7.71. The molecule has 0 bridgehead atoms. The average molecular weight is 324 g/mol. The fourth-order valence-electron chi connectivity index (χ4n) is 1.90. The van der Waals surface area contributed by atoms with Gasteiger partial charge in [0.2, 0.25) is 5.91 Å². The van der Waals surface area contributed by atoms with E-state index in [1.54, 1.807) is 30.0 Å². The molecule has 0 heterocycles. The number of hydrogen-bond acceptors (Lipinski definition) is 3. The highest BCUT2D eigenvalue weighted by Crippen LogP contribution is 2.11. The van der Waals surface area contributed by atoms with Gasteiger partial charge in [0.15, 0.2) is 0 Å². The second-order valence-corrected chi connectivity index (χ2v) is 5.50. The van der Waals surface area contributed by atoms with Crippen molar-refractivity contribution in [2.75, 3.05) is 13.2 Å². The Morgan fingerprint density at radius 1 is 1.27 bits per heavy atom. The lowest BCUT2D eigenvalue weighted by molar-refractivity contribution is -0.144. The van der Waals surface area contributed by atoms with Gasteiger partial charge in [0.05, 0.1) is 13.0 Å². The van der Waals surface area contributed by atoms with E-state index in [1.807, 2.05) is 26.0 Å². The monoisotopic (exact) mass is 323 g/mol. The van der Waals surface area contributed by atoms with Crippen LogP contribution in [-0.4, -0.2) is 36.0 Å². The molecule has 22 heavy (non-hydrogen) atoms. The van der Waals surface area contributed by atoms with E-state index < -0.39 is 0 Å². The fourth-order valence-corrected chi connectivity index (χ4v) is 2.03. The van der Waals surface area contributed by atoms with Crippen molar-refractivity contribution in [3.05, 3.63) is 40.9 Å². The summed E-state index contributed by atoms with van der Waals surface area (Å²) in [5.41, 5.74) is 0.895. The van der Waals surface area contributed by atoms with Crippen LogP contribution in [-0.2, 0) is 14.3 Å². The molecular formula is C17H22ClNO3. The predicted octanol–water partition coefficient (Wildman–Crippen LogP) is 3.54. The SMILES string of the molecule is CCOC(=O)CCN(C(=O)/C=C/c1ccc(Cl)cc1)C(C)C. The van der Waals surface area contributed by atoms with Gasteiger partial charge < -0.3 is 9.64 Å². The summed E-state index contributed by atoms with van der Waals surface area (Å²) in [6, 6.07) is 7.23. The molecule has 0 aromatic heterocycles. The Balaban J connectivity index is 2.64. The van der Waals surface area contributed by atoms with E-state index in [1.165, 1.54) is 6.08 Å². The van der Waals surface area contributed by atoms with Crippen LogP contribution in [0, 0.1) is 0 Å². The van der Waals surface area contributed by atoms with Crippen LogP contribution >= 0.6 is 11.6 Å². The van der Waals surface area contributed by atoms with Gasteiger partial charge in [-0.25, -0.2) is 0 Å². The van der Waals surface area contributed by atoms with Crippen LogP contribution in [0.5, 0.6) is 0 Å². The number of benzene rings is 1. The summed E-state index contributed by atoms with van der Waals surface area (Å²) in [7, 11) is 0. The molecule has 1 aromatic carbocycles. The summed E-state index contributed by atoms with van der Waals surface area (Å²) in [4.78, 5) is 25.3. The van der Waals surface area contributed by atoms with Crippen molar-refractivity contribution in [1.29, 1.82) is 0 Å². The first-order chi connectivity index (χ1) is 10.4. The quantitative estimate of drug-likeness (QED) is 0.569. The molecule has 0 N–H and O–H groups in total. The third kappa shape index (κ3) is 6.31. The molecule has 0 spiro atoms. The Hall–Kier alpha value is -1.81. The van der Waals surface area contributed by atoms with Crippen molar-refractivity contribution >= 4 is 29.6 Å². The van der Waals surface area contributed by atoms with E-state index in [0.717, 1.165) is 5.56 Å². The summed E-state index contributed by atoms with van der Waals surface area (Å²) in [6.07, 6.45) is 3.44. The molecule has 0 unspecified atom stereocenters. The minimum atomic E-state index is -0.289.